The molecule has 0 saturated carbocycles. The van der Waals surface area contributed by atoms with E-state index >= 15 is 0 Å². The van der Waals surface area contributed by atoms with Crippen molar-refractivity contribution >= 4 is 17.0 Å². The first kappa shape index (κ1) is 14.0. The van der Waals surface area contributed by atoms with Crippen molar-refractivity contribution in [1.29, 1.82) is 0 Å². The Hall–Kier alpha value is -1.46. The number of nitrogens with zero attached hydrogens (tertiary/aromatic N) is 3. The molecule has 19 heavy (non-hydrogen) atoms. The first-order valence-electron chi connectivity index (χ1n) is 6.32. The molecule has 0 fully saturated rings. The van der Waals surface area contributed by atoms with Crippen LogP contribution in [0.5, 0.6) is 0 Å². The van der Waals surface area contributed by atoms with E-state index in [4.69, 9.17) is 0 Å². The van der Waals surface area contributed by atoms with Crippen molar-refractivity contribution < 1.29 is 0 Å². The van der Waals surface area contributed by atoms with Gasteiger partial charge in [-0.3, -0.25) is 4.98 Å². The quantitative estimate of drug-likeness (QED) is 0.911. The first-order chi connectivity index (χ1) is 9.10. The Labute approximate surface area is 118 Å². The van der Waals surface area contributed by atoms with Crippen molar-refractivity contribution in [2.45, 2.75) is 26.9 Å². The summed E-state index contributed by atoms with van der Waals surface area (Å²) in [7, 11) is 4.05. The van der Waals surface area contributed by atoms with Crippen LogP contribution in [-0.2, 0) is 13.1 Å². The summed E-state index contributed by atoms with van der Waals surface area (Å²) in [5, 5.41) is 6.42. The van der Waals surface area contributed by atoms with Gasteiger partial charge in [-0.15, -0.1) is 11.3 Å². The van der Waals surface area contributed by atoms with Crippen LogP contribution in [0.4, 0.5) is 5.69 Å². The molecule has 2 aromatic heterocycles. The summed E-state index contributed by atoms with van der Waals surface area (Å²) in [6, 6.07) is 2.13. The Balaban J connectivity index is 2.21. The van der Waals surface area contributed by atoms with Crippen LogP contribution in [0.1, 0.15) is 22.0 Å². The van der Waals surface area contributed by atoms with Gasteiger partial charge in [0.25, 0.3) is 0 Å². The van der Waals surface area contributed by atoms with Crippen molar-refractivity contribution in [2.75, 3.05) is 19.0 Å². The van der Waals surface area contributed by atoms with E-state index in [2.05, 4.69) is 38.7 Å². The third kappa shape index (κ3) is 3.52. The van der Waals surface area contributed by atoms with Crippen LogP contribution in [-0.4, -0.2) is 24.1 Å². The van der Waals surface area contributed by atoms with Gasteiger partial charge >= 0.3 is 0 Å². The number of anilines is 1. The topological polar surface area (TPSA) is 41.1 Å². The smallest absolute Gasteiger partial charge is 0.0898 e. The molecule has 2 heterocycles. The summed E-state index contributed by atoms with van der Waals surface area (Å²) in [6.45, 7) is 5.71. The predicted molar refractivity (Wildman–Crippen MR) is 80.7 cm³/mol. The largest absolute Gasteiger partial charge is 0.368 e. The highest BCUT2D eigenvalue weighted by atomic mass is 32.1. The fourth-order valence-corrected chi connectivity index (χ4v) is 2.67. The van der Waals surface area contributed by atoms with Gasteiger partial charge in [0.15, 0.2) is 0 Å². The van der Waals surface area contributed by atoms with Crippen LogP contribution in [0, 0.1) is 13.8 Å². The number of aryl methyl sites for hydroxylation is 2. The number of aromatic nitrogens is 2. The van der Waals surface area contributed by atoms with E-state index in [9.17, 15) is 0 Å². The number of hydrogen-bond acceptors (Lipinski definition) is 5. The molecule has 0 aliphatic carbocycles. The summed E-state index contributed by atoms with van der Waals surface area (Å²) >= 11 is 1.70. The first-order valence-corrected chi connectivity index (χ1v) is 7.20. The van der Waals surface area contributed by atoms with E-state index in [1.807, 2.05) is 27.1 Å². The highest BCUT2D eigenvalue weighted by Crippen LogP contribution is 2.22. The third-order valence-corrected chi connectivity index (χ3v) is 3.77. The zero-order valence-electron chi connectivity index (χ0n) is 11.9. The van der Waals surface area contributed by atoms with Gasteiger partial charge in [0.05, 0.1) is 17.2 Å². The second kappa shape index (κ2) is 6.12. The molecule has 0 radical (unpaired) electrons. The zero-order chi connectivity index (χ0) is 13.8. The lowest BCUT2D eigenvalue weighted by Gasteiger charge is -2.22. The van der Waals surface area contributed by atoms with Crippen molar-refractivity contribution in [2.24, 2.45) is 0 Å². The maximum absolute atomic E-state index is 4.52. The van der Waals surface area contributed by atoms with E-state index in [0.29, 0.717) is 0 Å². The average Bonchev–Trinajstić information content (AvgIpc) is 2.77. The summed E-state index contributed by atoms with van der Waals surface area (Å²) in [4.78, 5) is 11.1. The standard InChI is InChI=1S/C14H20N4S/c1-10-5-14(12(6-15-3)7-16-10)18(4)8-13-9-19-11(2)17-13/h5,7,9,15H,6,8H2,1-4H3. The molecule has 0 aliphatic rings. The van der Waals surface area contributed by atoms with Crippen molar-refractivity contribution in [1.82, 2.24) is 15.3 Å². The Bertz CT molecular complexity index is 550. The third-order valence-electron chi connectivity index (χ3n) is 2.94. The van der Waals surface area contributed by atoms with Crippen molar-refractivity contribution in [3.05, 3.63) is 39.6 Å². The maximum Gasteiger partial charge on any atom is 0.0898 e. The van der Waals surface area contributed by atoms with E-state index < -0.39 is 0 Å². The van der Waals surface area contributed by atoms with Crippen LogP contribution in [0.3, 0.4) is 0 Å². The Morgan fingerprint density at radius 3 is 2.79 bits per heavy atom. The SMILES string of the molecule is CNCc1cnc(C)cc1N(C)Cc1csc(C)n1. The van der Waals surface area contributed by atoms with Gasteiger partial charge in [0.2, 0.25) is 0 Å². The van der Waals surface area contributed by atoms with E-state index in [0.717, 1.165) is 29.5 Å². The van der Waals surface area contributed by atoms with Gasteiger partial charge in [-0.25, -0.2) is 4.98 Å². The van der Waals surface area contributed by atoms with Crippen LogP contribution >= 0.6 is 11.3 Å². The molecule has 2 rings (SSSR count). The van der Waals surface area contributed by atoms with E-state index in [-0.39, 0.29) is 0 Å². The van der Waals surface area contributed by atoms with Crippen LogP contribution < -0.4 is 10.2 Å². The molecule has 5 heteroatoms. The zero-order valence-corrected chi connectivity index (χ0v) is 12.7. The predicted octanol–water partition coefficient (Wildman–Crippen LogP) is 2.51. The lowest BCUT2D eigenvalue weighted by atomic mass is 10.2. The Morgan fingerprint density at radius 2 is 2.16 bits per heavy atom. The molecular formula is C14H20N4S. The average molecular weight is 276 g/mol. The highest BCUT2D eigenvalue weighted by molar-refractivity contribution is 7.09. The number of thiazole rings is 1. The van der Waals surface area contributed by atoms with Crippen LogP contribution in [0.15, 0.2) is 17.6 Å². The van der Waals surface area contributed by atoms with E-state index in [1.54, 1.807) is 11.3 Å². The molecule has 0 aromatic carbocycles. The summed E-state index contributed by atoms with van der Waals surface area (Å²) < 4.78 is 0. The number of nitrogens with one attached hydrogen (secondary N) is 1. The number of hydrogen-bond donors (Lipinski definition) is 1. The molecular weight excluding hydrogens is 256 g/mol. The van der Waals surface area contributed by atoms with Gasteiger partial charge in [-0.2, -0.15) is 0 Å². The fraction of sp³-hybridized carbons (Fsp3) is 0.429. The Morgan fingerprint density at radius 1 is 1.37 bits per heavy atom. The molecule has 0 saturated heterocycles. The lowest BCUT2D eigenvalue weighted by Crippen LogP contribution is -2.20. The highest BCUT2D eigenvalue weighted by Gasteiger charge is 2.10. The fourth-order valence-electron chi connectivity index (χ4n) is 2.06. The molecule has 0 bridgehead atoms. The molecule has 0 amide bonds. The second-order valence-corrected chi connectivity index (χ2v) is 5.76. The van der Waals surface area contributed by atoms with Gasteiger partial charge in [0.1, 0.15) is 0 Å². The van der Waals surface area contributed by atoms with Gasteiger partial charge in [-0.1, -0.05) is 0 Å². The van der Waals surface area contributed by atoms with E-state index in [1.165, 1.54) is 11.3 Å². The molecule has 0 spiro atoms. The molecule has 0 atom stereocenters. The number of pyridine rings is 1. The Kier molecular flexibility index (Phi) is 4.50. The van der Waals surface area contributed by atoms with Crippen molar-refractivity contribution in [3.63, 3.8) is 0 Å². The second-order valence-electron chi connectivity index (χ2n) is 4.70. The van der Waals surface area contributed by atoms with Crippen LogP contribution in [0.2, 0.25) is 0 Å². The molecule has 0 aliphatic heterocycles. The number of rotatable bonds is 5. The molecule has 0 unspecified atom stereocenters. The van der Waals surface area contributed by atoms with Gasteiger partial charge in [0, 0.05) is 42.1 Å². The minimum absolute atomic E-state index is 0.822. The normalized spacial score (nSPS) is 10.7. The molecule has 4 nitrogen and oxygen atoms in total. The lowest BCUT2D eigenvalue weighted by molar-refractivity contribution is 0.795. The van der Waals surface area contributed by atoms with Gasteiger partial charge in [-0.05, 0) is 27.0 Å². The van der Waals surface area contributed by atoms with Gasteiger partial charge < -0.3 is 10.2 Å². The summed E-state index contributed by atoms with van der Waals surface area (Å²) in [5.41, 5.74) is 4.58. The molecule has 102 valence electrons. The summed E-state index contributed by atoms with van der Waals surface area (Å²) in [5.74, 6) is 0. The minimum atomic E-state index is 0.822. The molecule has 2 aromatic rings. The van der Waals surface area contributed by atoms with Crippen LogP contribution in [0.25, 0.3) is 0 Å². The maximum atomic E-state index is 4.52. The molecule has 1 N–H and O–H groups in total. The monoisotopic (exact) mass is 276 g/mol. The van der Waals surface area contributed by atoms with Crippen molar-refractivity contribution in [3.8, 4) is 0 Å². The summed E-state index contributed by atoms with van der Waals surface area (Å²) in [6.07, 6.45) is 1.95. The minimum Gasteiger partial charge on any atom is -0.368 e.